The molecule has 1 saturated heterocycles. The Balaban J connectivity index is 1.60. The summed E-state index contributed by atoms with van der Waals surface area (Å²) >= 11 is 0. The minimum Gasteiger partial charge on any atom is -0.496 e. The van der Waals surface area contributed by atoms with E-state index in [9.17, 15) is 19.5 Å². The van der Waals surface area contributed by atoms with E-state index in [1.807, 2.05) is 4.90 Å². The normalized spacial score (nSPS) is 17.3. The minimum absolute atomic E-state index is 0.0208. The lowest BCUT2D eigenvalue weighted by Gasteiger charge is -2.28. The van der Waals surface area contributed by atoms with Crippen molar-refractivity contribution in [3.8, 4) is 17.0 Å². The number of ether oxygens (including phenoxy) is 1. The highest BCUT2D eigenvalue weighted by Crippen LogP contribution is 2.40. The molecule has 2 aromatic carbocycles. The van der Waals surface area contributed by atoms with Crippen LogP contribution in [0.2, 0.25) is 0 Å². The number of pyridine rings is 1. The average Bonchev–Trinajstić information content (AvgIpc) is 3.46. The van der Waals surface area contributed by atoms with Gasteiger partial charge in [-0.25, -0.2) is 8.78 Å². The lowest BCUT2D eigenvalue weighted by Crippen LogP contribution is -2.42. The van der Waals surface area contributed by atoms with Crippen LogP contribution in [0.25, 0.3) is 22.2 Å². The summed E-state index contributed by atoms with van der Waals surface area (Å²) in [5.74, 6) is -1.93. The molecule has 2 aromatic heterocycles. The van der Waals surface area contributed by atoms with Crippen LogP contribution in [0.5, 0.6) is 5.75 Å². The van der Waals surface area contributed by atoms with Crippen molar-refractivity contribution in [2.45, 2.75) is 18.5 Å². The number of rotatable bonds is 6. The summed E-state index contributed by atoms with van der Waals surface area (Å²) in [4.78, 5) is 15.3. The van der Waals surface area contributed by atoms with Gasteiger partial charge in [0, 0.05) is 54.1 Å². The second-order valence-electron chi connectivity index (χ2n) is 9.18. The Labute approximate surface area is 216 Å². The molecule has 3 heterocycles. The summed E-state index contributed by atoms with van der Waals surface area (Å²) in [5.41, 5.74) is 6.53. The minimum atomic E-state index is -0.780. The second kappa shape index (κ2) is 9.88. The van der Waals surface area contributed by atoms with E-state index in [0.29, 0.717) is 28.8 Å². The second-order valence-corrected chi connectivity index (χ2v) is 9.18. The van der Waals surface area contributed by atoms with Crippen LogP contribution in [-0.2, 0) is 7.05 Å². The molecule has 10 nitrogen and oxygen atoms in total. The van der Waals surface area contributed by atoms with E-state index in [4.69, 9.17) is 10.5 Å². The number of amides is 1. The zero-order valence-corrected chi connectivity index (χ0v) is 20.7. The molecule has 1 aliphatic heterocycles. The van der Waals surface area contributed by atoms with Crippen LogP contribution >= 0.6 is 0 Å². The molecular formula is C26H27F2N6O4+. The maximum absolute atomic E-state index is 15.1. The zero-order valence-electron chi connectivity index (χ0n) is 20.7. The average molecular weight is 526 g/mol. The number of benzene rings is 2. The van der Waals surface area contributed by atoms with E-state index in [0.717, 1.165) is 6.07 Å². The van der Waals surface area contributed by atoms with Gasteiger partial charge < -0.3 is 25.8 Å². The molecule has 2 atom stereocenters. The van der Waals surface area contributed by atoms with Gasteiger partial charge in [-0.05, 0) is 24.6 Å². The van der Waals surface area contributed by atoms with Crippen molar-refractivity contribution in [3.63, 3.8) is 0 Å². The number of nitrogens with zero attached hydrogens (tertiary/aromatic N) is 4. The molecule has 5 N–H and O–H groups in total. The predicted octanol–water partition coefficient (Wildman–Crippen LogP) is 2.20. The fourth-order valence-corrected chi connectivity index (χ4v) is 5.02. The van der Waals surface area contributed by atoms with Gasteiger partial charge in [0.25, 0.3) is 5.69 Å². The number of nitrogens with one attached hydrogen (secondary N) is 1. The Bertz CT molecular complexity index is 1540. The number of halogens is 2. The number of carbonyl (C=O) groups excluding carboxylic acids is 1. The van der Waals surface area contributed by atoms with Crippen LogP contribution in [0.3, 0.4) is 0 Å². The lowest BCUT2D eigenvalue weighted by atomic mass is 10.1. The van der Waals surface area contributed by atoms with Crippen LogP contribution in [0.15, 0.2) is 48.7 Å². The van der Waals surface area contributed by atoms with Crippen LogP contribution in [-0.4, -0.2) is 58.3 Å². The zero-order chi connectivity index (χ0) is 27.1. The number of hydrogen-bond donors (Lipinski definition) is 4. The molecule has 0 bridgehead atoms. The number of fused-ring (bicyclic) bond motifs is 1. The van der Waals surface area contributed by atoms with Gasteiger partial charge in [0.05, 0.1) is 31.1 Å². The highest BCUT2D eigenvalue weighted by atomic mass is 19.1. The Morgan fingerprint density at radius 2 is 2.03 bits per heavy atom. The smallest absolute Gasteiger partial charge is 0.325 e. The molecule has 0 saturated carbocycles. The maximum Gasteiger partial charge on any atom is 0.325 e. The quantitative estimate of drug-likeness (QED) is 0.224. The molecule has 0 unspecified atom stereocenters. The van der Waals surface area contributed by atoms with E-state index in [-0.39, 0.29) is 52.6 Å². The molecule has 0 spiro atoms. The van der Waals surface area contributed by atoms with E-state index in [1.165, 1.54) is 48.2 Å². The first kappa shape index (κ1) is 25.4. The van der Waals surface area contributed by atoms with E-state index < -0.39 is 17.5 Å². The van der Waals surface area contributed by atoms with Crippen LogP contribution in [0, 0.1) is 11.6 Å². The predicted molar refractivity (Wildman–Crippen MR) is 135 cm³/mol. The molecule has 4 aromatic rings. The van der Waals surface area contributed by atoms with E-state index in [2.05, 4.69) is 10.4 Å². The number of aliphatic hydroxyl groups is 1. The third kappa shape index (κ3) is 4.27. The number of hydrogen-bond acceptors (Lipinski definition) is 7. The van der Waals surface area contributed by atoms with Gasteiger partial charge in [-0.1, -0.05) is 6.07 Å². The van der Waals surface area contributed by atoms with Gasteiger partial charge in [-0.15, -0.1) is 0 Å². The molecule has 1 aliphatic rings. The lowest BCUT2D eigenvalue weighted by molar-refractivity contribution is -0.897. The molecule has 1 fully saturated rings. The monoisotopic (exact) mass is 525 g/mol. The summed E-state index contributed by atoms with van der Waals surface area (Å²) in [6.45, 7) is 0.176. The first-order chi connectivity index (χ1) is 18.2. The molecule has 198 valence electrons. The van der Waals surface area contributed by atoms with Crippen molar-refractivity contribution in [2.24, 2.45) is 12.8 Å². The topological polar surface area (TPSA) is 130 Å². The van der Waals surface area contributed by atoms with Crippen molar-refractivity contribution < 1.29 is 33.4 Å². The SMILES string of the molecule is COc1cccc(F)c1-c1cccc(C(=O)Nc2cc(F)c3nn(C)cc3c2N2C[C@@H](N)C[C@H]2CO)[n+]1O. The number of nitrogens with two attached hydrogens (primary N) is 1. The Hall–Kier alpha value is -4.29. The fourth-order valence-electron chi connectivity index (χ4n) is 5.02. The highest BCUT2D eigenvalue weighted by Gasteiger charge is 2.35. The van der Waals surface area contributed by atoms with Crippen molar-refractivity contribution in [2.75, 3.05) is 30.5 Å². The number of anilines is 2. The summed E-state index contributed by atoms with van der Waals surface area (Å²) in [7, 11) is 3.02. The Kier molecular flexibility index (Phi) is 6.59. The van der Waals surface area contributed by atoms with Gasteiger partial charge >= 0.3 is 11.6 Å². The molecular weight excluding hydrogens is 498 g/mol. The molecule has 38 heavy (non-hydrogen) atoms. The largest absolute Gasteiger partial charge is 0.496 e. The Morgan fingerprint density at radius 1 is 1.26 bits per heavy atom. The van der Waals surface area contributed by atoms with Crippen molar-refractivity contribution in [3.05, 3.63) is 66.0 Å². The van der Waals surface area contributed by atoms with Gasteiger partial charge in [0.15, 0.2) is 5.82 Å². The number of carbonyl (C=O) groups is 1. The molecule has 0 aliphatic carbocycles. The highest BCUT2D eigenvalue weighted by molar-refractivity contribution is 6.08. The van der Waals surface area contributed by atoms with Gasteiger partial charge in [0.2, 0.25) is 0 Å². The number of aliphatic hydroxyl groups excluding tert-OH is 1. The van der Waals surface area contributed by atoms with Crippen LogP contribution in [0.1, 0.15) is 16.9 Å². The summed E-state index contributed by atoms with van der Waals surface area (Å²) in [6.07, 6.45) is 2.13. The third-order valence-corrected chi connectivity index (χ3v) is 6.68. The standard InChI is InChI=1S/C26H26F2N6O4/c1-32-12-16-24(31-32)18(28)10-19(25(16)33-11-14(29)9-15(33)13-35)30-26(36)21-7-4-6-20(34(21)37)23-17(27)5-3-8-22(23)38-2/h3-8,10,12,14-15,35H,9,11,13,29H2,1-2H3,(H-,30,36,37)/p+1/t14-,15-/m0/s1. The maximum atomic E-state index is 15.1. The van der Waals surface area contributed by atoms with Crippen LogP contribution < -0.4 is 25.4 Å². The summed E-state index contributed by atoms with van der Waals surface area (Å²) < 4.78 is 37.1. The first-order valence-electron chi connectivity index (χ1n) is 11.9. The summed E-state index contributed by atoms with van der Waals surface area (Å²) in [6, 6.07) is 9.01. The van der Waals surface area contributed by atoms with Gasteiger partial charge in [-0.2, -0.15) is 5.10 Å². The first-order valence-corrected chi connectivity index (χ1v) is 11.9. The third-order valence-electron chi connectivity index (χ3n) is 6.68. The molecule has 5 rings (SSSR count). The van der Waals surface area contributed by atoms with Crippen molar-refractivity contribution in [1.82, 2.24) is 9.78 Å². The molecule has 12 heteroatoms. The Morgan fingerprint density at radius 3 is 2.76 bits per heavy atom. The number of aromatic nitrogens is 3. The van der Waals surface area contributed by atoms with Gasteiger partial charge in [-0.3, -0.25) is 14.7 Å². The number of aryl methyl sites for hydroxylation is 1. The number of methoxy groups -OCH3 is 1. The van der Waals surface area contributed by atoms with E-state index in [1.54, 1.807) is 13.2 Å². The van der Waals surface area contributed by atoms with Crippen molar-refractivity contribution in [1.29, 1.82) is 0 Å². The van der Waals surface area contributed by atoms with E-state index >= 15 is 4.39 Å². The van der Waals surface area contributed by atoms with Gasteiger partial charge in [0.1, 0.15) is 22.6 Å². The van der Waals surface area contributed by atoms with Crippen LogP contribution in [0.4, 0.5) is 20.2 Å². The van der Waals surface area contributed by atoms with Crippen molar-refractivity contribution >= 4 is 28.2 Å². The summed E-state index contributed by atoms with van der Waals surface area (Å²) in [5, 5.41) is 28.2. The molecule has 0 radical (unpaired) electrons. The molecule has 1 amide bonds. The fraction of sp³-hybridized carbons (Fsp3) is 0.269.